The van der Waals surface area contributed by atoms with E-state index < -0.39 is 0 Å². The number of nitrogens with zero attached hydrogens (tertiary/aromatic N) is 1. The Bertz CT molecular complexity index is 783. The van der Waals surface area contributed by atoms with Crippen LogP contribution in [0.15, 0.2) is 53.5 Å². The first kappa shape index (κ1) is 23.5. The number of aryl methyl sites for hydroxylation is 1. The molecule has 0 bridgehead atoms. The first-order valence-electron chi connectivity index (χ1n) is 9.96. The summed E-state index contributed by atoms with van der Waals surface area (Å²) in [5, 5.41) is 6.87. The van der Waals surface area contributed by atoms with Crippen molar-refractivity contribution in [2.24, 2.45) is 10.9 Å². The van der Waals surface area contributed by atoms with Gasteiger partial charge in [-0.15, -0.1) is 24.0 Å². The number of halogens is 1. The van der Waals surface area contributed by atoms with Crippen LogP contribution in [-0.4, -0.2) is 33.3 Å². The zero-order chi connectivity index (χ0) is 19.8. The van der Waals surface area contributed by atoms with E-state index in [9.17, 15) is 0 Å². The van der Waals surface area contributed by atoms with Gasteiger partial charge in [0.05, 0.1) is 13.2 Å². The number of benzene rings is 2. The van der Waals surface area contributed by atoms with Crippen LogP contribution in [0.4, 0.5) is 0 Å². The van der Waals surface area contributed by atoms with Crippen molar-refractivity contribution in [2.45, 2.75) is 32.4 Å². The van der Waals surface area contributed by atoms with Crippen LogP contribution in [0.2, 0.25) is 0 Å². The summed E-state index contributed by atoms with van der Waals surface area (Å²) in [5.74, 6) is 2.11. The fourth-order valence-electron chi connectivity index (χ4n) is 3.69. The third-order valence-corrected chi connectivity index (χ3v) is 5.22. The number of ether oxygens (including phenoxy) is 2. The highest BCUT2D eigenvalue weighted by Crippen LogP contribution is 2.33. The summed E-state index contributed by atoms with van der Waals surface area (Å²) < 4.78 is 11.6. The molecule has 0 amide bonds. The second-order valence-electron chi connectivity index (χ2n) is 7.23. The molecular weight excluding hydrogens is 477 g/mol. The summed E-state index contributed by atoms with van der Waals surface area (Å²) in [5.41, 5.74) is 3.55. The molecule has 0 aliphatic carbocycles. The average Bonchev–Trinajstić information content (AvgIpc) is 2.75. The molecule has 0 aromatic heterocycles. The van der Waals surface area contributed by atoms with E-state index >= 15 is 0 Å². The molecule has 5 nitrogen and oxygen atoms in total. The summed E-state index contributed by atoms with van der Waals surface area (Å²) in [6.45, 7) is 4.38. The lowest BCUT2D eigenvalue weighted by Gasteiger charge is -2.32. The molecule has 1 aliphatic rings. The van der Waals surface area contributed by atoms with Gasteiger partial charge >= 0.3 is 0 Å². The van der Waals surface area contributed by atoms with Crippen molar-refractivity contribution in [3.8, 4) is 5.75 Å². The Hall–Kier alpha value is -1.80. The molecule has 2 N–H and O–H groups in total. The quantitative estimate of drug-likeness (QED) is 0.343. The van der Waals surface area contributed by atoms with Crippen molar-refractivity contribution in [3.63, 3.8) is 0 Å². The molecule has 2 unspecified atom stereocenters. The fourth-order valence-corrected chi connectivity index (χ4v) is 3.69. The summed E-state index contributed by atoms with van der Waals surface area (Å²) in [6, 6.07) is 16.7. The van der Waals surface area contributed by atoms with Gasteiger partial charge in [-0.05, 0) is 37.0 Å². The second kappa shape index (κ2) is 12.0. The average molecular weight is 509 g/mol. The van der Waals surface area contributed by atoms with Crippen LogP contribution >= 0.6 is 24.0 Å². The van der Waals surface area contributed by atoms with E-state index in [1.807, 2.05) is 6.07 Å². The van der Waals surface area contributed by atoms with E-state index in [-0.39, 0.29) is 30.1 Å². The lowest BCUT2D eigenvalue weighted by atomic mass is 9.89. The van der Waals surface area contributed by atoms with E-state index in [0.29, 0.717) is 12.5 Å². The Morgan fingerprint density at radius 3 is 2.69 bits per heavy atom. The molecule has 3 rings (SSSR count). The van der Waals surface area contributed by atoms with Crippen LogP contribution in [-0.2, 0) is 11.3 Å². The smallest absolute Gasteiger partial charge is 0.191 e. The van der Waals surface area contributed by atoms with E-state index in [1.54, 1.807) is 14.2 Å². The molecule has 1 heterocycles. The van der Waals surface area contributed by atoms with Crippen LogP contribution in [0.1, 0.15) is 35.6 Å². The number of nitrogens with one attached hydrogen (secondary N) is 2. The molecule has 6 heteroatoms. The normalized spacial score (nSPS) is 19.2. The molecule has 2 aromatic carbocycles. The van der Waals surface area contributed by atoms with Gasteiger partial charge in [0.1, 0.15) is 5.75 Å². The van der Waals surface area contributed by atoms with Gasteiger partial charge in [-0.2, -0.15) is 0 Å². The number of rotatable bonds is 6. The molecule has 1 aliphatic heterocycles. The van der Waals surface area contributed by atoms with Crippen molar-refractivity contribution >= 4 is 29.9 Å². The first-order valence-corrected chi connectivity index (χ1v) is 9.96. The SMILES string of the molecule is CN=C(NCc1ccc(C)cc1OC)NCC1CCCOC1c1ccccc1.I. The summed E-state index contributed by atoms with van der Waals surface area (Å²) in [4.78, 5) is 4.37. The Morgan fingerprint density at radius 1 is 1.17 bits per heavy atom. The molecule has 29 heavy (non-hydrogen) atoms. The zero-order valence-electron chi connectivity index (χ0n) is 17.5. The molecule has 0 saturated carbocycles. The number of hydrogen-bond acceptors (Lipinski definition) is 3. The molecule has 1 fully saturated rings. The van der Waals surface area contributed by atoms with Crippen LogP contribution in [0, 0.1) is 12.8 Å². The number of aliphatic imine (C=N–C) groups is 1. The Labute approximate surface area is 191 Å². The van der Waals surface area contributed by atoms with Gasteiger partial charge in [0.25, 0.3) is 0 Å². The van der Waals surface area contributed by atoms with Crippen molar-refractivity contribution in [1.82, 2.24) is 10.6 Å². The Kier molecular flexibility index (Phi) is 9.73. The predicted octanol–water partition coefficient (Wildman–Crippen LogP) is 4.45. The van der Waals surface area contributed by atoms with Crippen molar-refractivity contribution in [1.29, 1.82) is 0 Å². The number of hydrogen-bond donors (Lipinski definition) is 2. The molecule has 0 spiro atoms. The maximum Gasteiger partial charge on any atom is 0.191 e. The van der Waals surface area contributed by atoms with Crippen LogP contribution in [0.5, 0.6) is 5.75 Å². The topological polar surface area (TPSA) is 54.9 Å². The largest absolute Gasteiger partial charge is 0.496 e. The molecule has 2 atom stereocenters. The van der Waals surface area contributed by atoms with Gasteiger partial charge in [0.2, 0.25) is 0 Å². The van der Waals surface area contributed by atoms with Crippen molar-refractivity contribution < 1.29 is 9.47 Å². The maximum atomic E-state index is 6.10. The number of guanidine groups is 1. The van der Waals surface area contributed by atoms with Crippen molar-refractivity contribution in [3.05, 3.63) is 65.2 Å². The van der Waals surface area contributed by atoms with Crippen LogP contribution in [0.25, 0.3) is 0 Å². The minimum atomic E-state index is 0. The van der Waals surface area contributed by atoms with Crippen LogP contribution < -0.4 is 15.4 Å². The highest BCUT2D eigenvalue weighted by Gasteiger charge is 2.27. The molecular formula is C23H32IN3O2. The Balaban J connectivity index is 0.00000300. The highest BCUT2D eigenvalue weighted by atomic mass is 127. The van der Waals surface area contributed by atoms with E-state index in [2.05, 4.69) is 65.0 Å². The van der Waals surface area contributed by atoms with Gasteiger partial charge in [-0.3, -0.25) is 4.99 Å². The van der Waals surface area contributed by atoms with E-state index in [1.165, 1.54) is 11.1 Å². The van der Waals surface area contributed by atoms with Gasteiger partial charge in [0, 0.05) is 38.2 Å². The van der Waals surface area contributed by atoms with Gasteiger partial charge in [0.15, 0.2) is 5.96 Å². The lowest BCUT2D eigenvalue weighted by Crippen LogP contribution is -2.41. The monoisotopic (exact) mass is 509 g/mol. The van der Waals surface area contributed by atoms with Gasteiger partial charge in [-0.1, -0.05) is 42.5 Å². The minimum Gasteiger partial charge on any atom is -0.496 e. The molecule has 2 aromatic rings. The molecule has 1 saturated heterocycles. The summed E-state index contributed by atoms with van der Waals surface area (Å²) in [7, 11) is 3.51. The van der Waals surface area contributed by atoms with Crippen molar-refractivity contribution in [2.75, 3.05) is 27.3 Å². The van der Waals surface area contributed by atoms with Gasteiger partial charge in [-0.25, -0.2) is 0 Å². The molecule has 158 valence electrons. The lowest BCUT2D eigenvalue weighted by molar-refractivity contribution is -0.0265. The zero-order valence-corrected chi connectivity index (χ0v) is 19.8. The fraction of sp³-hybridized carbons (Fsp3) is 0.435. The maximum absolute atomic E-state index is 6.10. The standard InChI is InChI=1S/C23H31N3O2.HI/c1-17-11-12-19(21(14-17)27-3)15-25-23(24-2)26-16-20-10-7-13-28-22(20)18-8-5-4-6-9-18;/h4-6,8-9,11-12,14,20,22H,7,10,13,15-16H2,1-3H3,(H2,24,25,26);1H. The summed E-state index contributed by atoms with van der Waals surface area (Å²) in [6.07, 6.45) is 2.38. The van der Waals surface area contributed by atoms with E-state index in [4.69, 9.17) is 9.47 Å². The van der Waals surface area contributed by atoms with Gasteiger partial charge < -0.3 is 20.1 Å². The second-order valence-corrected chi connectivity index (χ2v) is 7.23. The molecule has 0 radical (unpaired) electrons. The Morgan fingerprint density at radius 2 is 1.97 bits per heavy atom. The van der Waals surface area contributed by atoms with E-state index in [0.717, 1.165) is 43.3 Å². The highest BCUT2D eigenvalue weighted by molar-refractivity contribution is 14.0. The predicted molar refractivity (Wildman–Crippen MR) is 129 cm³/mol. The van der Waals surface area contributed by atoms with Crippen LogP contribution in [0.3, 0.4) is 0 Å². The minimum absolute atomic E-state index is 0. The first-order chi connectivity index (χ1) is 13.7. The third kappa shape index (κ3) is 6.60. The number of methoxy groups -OCH3 is 1. The third-order valence-electron chi connectivity index (χ3n) is 5.22. The summed E-state index contributed by atoms with van der Waals surface area (Å²) >= 11 is 0.